The standard InChI is InChI=1S/C28H39F2N3O3/c1-19(13-20-7-3-2-4-8-20)25(34)32-12-11-28(36,27(16-32)9-5-6-10-27)17-33-18-31-24-15-23(30)22(29)14-21(24)26(33)35/h14-15,19-20,31,36H,2-13,16-18H2,1H3/t19-,28?/m1/s1. The van der Waals surface area contributed by atoms with Crippen molar-refractivity contribution in [2.75, 3.05) is 31.6 Å². The molecule has 1 unspecified atom stereocenters. The Morgan fingerprint density at radius 1 is 1.11 bits per heavy atom. The molecule has 0 radical (unpaired) electrons. The maximum Gasteiger partial charge on any atom is 0.257 e. The second-order valence-corrected chi connectivity index (χ2v) is 11.8. The molecule has 2 N–H and O–H groups in total. The lowest BCUT2D eigenvalue weighted by Crippen LogP contribution is -2.65. The predicted octanol–water partition coefficient (Wildman–Crippen LogP) is 4.92. The zero-order chi connectivity index (χ0) is 25.5. The van der Waals surface area contributed by atoms with Crippen molar-refractivity contribution >= 4 is 17.5 Å². The molecule has 1 aromatic carbocycles. The Morgan fingerprint density at radius 3 is 2.53 bits per heavy atom. The summed E-state index contributed by atoms with van der Waals surface area (Å²) in [6.07, 6.45) is 11.2. The molecule has 2 saturated carbocycles. The van der Waals surface area contributed by atoms with Gasteiger partial charge in [-0.2, -0.15) is 0 Å². The van der Waals surface area contributed by atoms with E-state index < -0.39 is 28.6 Å². The van der Waals surface area contributed by atoms with Crippen LogP contribution < -0.4 is 5.32 Å². The quantitative estimate of drug-likeness (QED) is 0.598. The lowest BCUT2D eigenvalue weighted by atomic mass is 9.65. The number of benzene rings is 1. The molecule has 2 aliphatic carbocycles. The van der Waals surface area contributed by atoms with Crippen LogP contribution in [-0.2, 0) is 4.79 Å². The number of nitrogens with one attached hydrogen (secondary N) is 1. The number of hydrogen-bond acceptors (Lipinski definition) is 4. The van der Waals surface area contributed by atoms with E-state index in [4.69, 9.17) is 0 Å². The highest BCUT2D eigenvalue weighted by molar-refractivity contribution is 6.01. The van der Waals surface area contributed by atoms with E-state index in [-0.39, 0.29) is 36.3 Å². The third-order valence-corrected chi connectivity index (χ3v) is 9.47. The topological polar surface area (TPSA) is 72.9 Å². The first kappa shape index (κ1) is 25.4. The normalized spacial score (nSPS) is 27.2. The van der Waals surface area contributed by atoms with Gasteiger partial charge in [0.15, 0.2) is 11.6 Å². The van der Waals surface area contributed by atoms with Gasteiger partial charge in [-0.25, -0.2) is 8.78 Å². The second kappa shape index (κ2) is 9.92. The van der Waals surface area contributed by atoms with Crippen molar-refractivity contribution in [3.8, 4) is 0 Å². The average Bonchev–Trinajstić information content (AvgIpc) is 3.34. The van der Waals surface area contributed by atoms with Gasteiger partial charge >= 0.3 is 0 Å². The van der Waals surface area contributed by atoms with E-state index in [1.165, 1.54) is 37.0 Å². The number of carbonyl (C=O) groups excluding carboxylic acids is 2. The minimum absolute atomic E-state index is 0.0163. The molecule has 8 heteroatoms. The minimum atomic E-state index is -1.14. The molecule has 5 rings (SSSR count). The van der Waals surface area contributed by atoms with Gasteiger partial charge in [0.25, 0.3) is 5.91 Å². The van der Waals surface area contributed by atoms with Crippen molar-refractivity contribution in [1.29, 1.82) is 0 Å². The number of piperidine rings is 1. The Labute approximate surface area is 212 Å². The lowest BCUT2D eigenvalue weighted by molar-refractivity contribution is -0.163. The summed E-state index contributed by atoms with van der Waals surface area (Å²) in [5.74, 6) is -1.66. The zero-order valence-corrected chi connectivity index (χ0v) is 21.3. The average molecular weight is 504 g/mol. The van der Waals surface area contributed by atoms with Gasteiger partial charge in [-0.05, 0) is 37.7 Å². The predicted molar refractivity (Wildman–Crippen MR) is 133 cm³/mol. The summed E-state index contributed by atoms with van der Waals surface area (Å²) in [7, 11) is 0. The Bertz CT molecular complexity index is 1010. The molecule has 1 saturated heterocycles. The summed E-state index contributed by atoms with van der Waals surface area (Å²) < 4.78 is 27.5. The van der Waals surface area contributed by atoms with Crippen molar-refractivity contribution < 1.29 is 23.5 Å². The summed E-state index contributed by atoms with van der Waals surface area (Å²) in [5, 5.41) is 15.0. The van der Waals surface area contributed by atoms with Crippen LogP contribution in [0.25, 0.3) is 0 Å². The first-order valence-corrected chi connectivity index (χ1v) is 13.7. The molecule has 2 heterocycles. The maximum atomic E-state index is 13.9. The molecule has 36 heavy (non-hydrogen) atoms. The highest BCUT2D eigenvalue weighted by Gasteiger charge is 2.56. The summed E-state index contributed by atoms with van der Waals surface area (Å²) >= 11 is 0. The van der Waals surface area contributed by atoms with Gasteiger partial charge in [0.2, 0.25) is 5.91 Å². The first-order chi connectivity index (χ1) is 17.2. The van der Waals surface area contributed by atoms with E-state index in [2.05, 4.69) is 12.2 Å². The number of anilines is 1. The molecule has 198 valence electrons. The van der Waals surface area contributed by atoms with Crippen LogP contribution in [0.3, 0.4) is 0 Å². The smallest absolute Gasteiger partial charge is 0.257 e. The number of fused-ring (bicyclic) bond motifs is 1. The summed E-state index contributed by atoms with van der Waals surface area (Å²) in [6, 6.07) is 1.93. The van der Waals surface area contributed by atoms with Gasteiger partial charge < -0.3 is 20.2 Å². The van der Waals surface area contributed by atoms with Crippen molar-refractivity contribution in [3.63, 3.8) is 0 Å². The number of hydrogen-bond donors (Lipinski definition) is 2. The number of nitrogens with zero attached hydrogens (tertiary/aromatic N) is 2. The highest BCUT2D eigenvalue weighted by Crippen LogP contribution is 2.51. The number of carbonyl (C=O) groups is 2. The van der Waals surface area contributed by atoms with Crippen LogP contribution in [0.2, 0.25) is 0 Å². The van der Waals surface area contributed by atoms with Gasteiger partial charge in [0.05, 0.1) is 30.1 Å². The fraction of sp³-hybridized carbons (Fsp3) is 0.714. The van der Waals surface area contributed by atoms with Crippen LogP contribution in [0.15, 0.2) is 12.1 Å². The molecular weight excluding hydrogens is 464 g/mol. The molecule has 2 atom stereocenters. The van der Waals surface area contributed by atoms with E-state index in [0.29, 0.717) is 25.4 Å². The van der Waals surface area contributed by atoms with E-state index in [1.54, 1.807) is 0 Å². The molecule has 0 bridgehead atoms. The Kier molecular flexibility index (Phi) is 7.01. The molecule has 1 spiro atoms. The van der Waals surface area contributed by atoms with Gasteiger partial charge in [-0.1, -0.05) is 51.9 Å². The molecule has 2 aliphatic heterocycles. The van der Waals surface area contributed by atoms with Gasteiger partial charge in [-0.3, -0.25) is 9.59 Å². The molecule has 1 aromatic rings. The van der Waals surface area contributed by atoms with E-state index in [0.717, 1.165) is 44.2 Å². The Balaban J connectivity index is 1.29. The third kappa shape index (κ3) is 4.61. The molecule has 6 nitrogen and oxygen atoms in total. The molecule has 3 fully saturated rings. The van der Waals surface area contributed by atoms with Gasteiger partial charge in [0.1, 0.15) is 0 Å². The molecule has 2 amide bonds. The van der Waals surface area contributed by atoms with Crippen LogP contribution in [0, 0.1) is 28.9 Å². The van der Waals surface area contributed by atoms with Gasteiger partial charge in [0, 0.05) is 30.5 Å². The number of likely N-dealkylation sites (tertiary alicyclic amines) is 1. The maximum absolute atomic E-state index is 13.9. The van der Waals surface area contributed by atoms with Crippen molar-refractivity contribution in [1.82, 2.24) is 9.80 Å². The van der Waals surface area contributed by atoms with Crippen LogP contribution in [0.1, 0.15) is 87.9 Å². The Morgan fingerprint density at radius 2 is 1.81 bits per heavy atom. The second-order valence-electron chi connectivity index (χ2n) is 11.8. The fourth-order valence-electron chi connectivity index (χ4n) is 7.36. The van der Waals surface area contributed by atoms with E-state index in [1.807, 2.05) is 4.90 Å². The summed E-state index contributed by atoms with van der Waals surface area (Å²) in [6.45, 7) is 3.27. The number of β-amino-alcohol motifs (C(OH)–C–C–N with tert-alkyl or cyclic N) is 1. The third-order valence-electron chi connectivity index (χ3n) is 9.47. The lowest BCUT2D eigenvalue weighted by Gasteiger charge is -2.54. The number of halogens is 2. The van der Waals surface area contributed by atoms with E-state index >= 15 is 0 Å². The van der Waals surface area contributed by atoms with Crippen LogP contribution in [0.4, 0.5) is 14.5 Å². The fourth-order valence-corrected chi connectivity index (χ4v) is 7.36. The summed E-state index contributed by atoms with van der Waals surface area (Å²) in [5.41, 5.74) is -1.25. The minimum Gasteiger partial charge on any atom is -0.387 e. The van der Waals surface area contributed by atoms with E-state index in [9.17, 15) is 23.5 Å². The number of rotatable bonds is 5. The molecular formula is C28H39F2N3O3. The van der Waals surface area contributed by atoms with Gasteiger partial charge in [-0.15, -0.1) is 0 Å². The SMILES string of the molecule is C[C@H](CC1CCCCC1)C(=O)N1CCC(O)(CN2CNc3cc(F)c(F)cc3C2=O)C2(CCCC2)C1. The number of aliphatic hydroxyl groups is 1. The van der Waals surface area contributed by atoms with Crippen molar-refractivity contribution in [2.45, 2.75) is 83.2 Å². The summed E-state index contributed by atoms with van der Waals surface area (Å²) in [4.78, 5) is 30.1. The van der Waals surface area contributed by atoms with Crippen molar-refractivity contribution in [3.05, 3.63) is 29.3 Å². The first-order valence-electron chi connectivity index (χ1n) is 13.7. The van der Waals surface area contributed by atoms with Crippen LogP contribution in [-0.4, -0.2) is 58.6 Å². The van der Waals surface area contributed by atoms with Crippen LogP contribution >= 0.6 is 0 Å². The van der Waals surface area contributed by atoms with Crippen LogP contribution in [0.5, 0.6) is 0 Å². The highest BCUT2D eigenvalue weighted by atomic mass is 19.2. The zero-order valence-electron chi connectivity index (χ0n) is 21.3. The largest absolute Gasteiger partial charge is 0.387 e. The van der Waals surface area contributed by atoms with Crippen molar-refractivity contribution in [2.24, 2.45) is 17.3 Å². The number of amides is 2. The Hall–Kier alpha value is -2.22. The monoisotopic (exact) mass is 503 g/mol. The molecule has 0 aromatic heterocycles. The molecule has 4 aliphatic rings.